The van der Waals surface area contributed by atoms with Gasteiger partial charge in [-0.15, -0.1) is 17.9 Å². The van der Waals surface area contributed by atoms with Crippen LogP contribution in [0.3, 0.4) is 0 Å². The van der Waals surface area contributed by atoms with Crippen LogP contribution in [-0.2, 0) is 6.54 Å². The van der Waals surface area contributed by atoms with Crippen LogP contribution in [0.5, 0.6) is 0 Å². The van der Waals surface area contributed by atoms with Gasteiger partial charge in [-0.2, -0.15) is 0 Å². The van der Waals surface area contributed by atoms with E-state index in [1.807, 2.05) is 54.6 Å². The van der Waals surface area contributed by atoms with Gasteiger partial charge in [0, 0.05) is 17.3 Å². The Hall–Kier alpha value is -2.85. The van der Waals surface area contributed by atoms with Gasteiger partial charge in [-0.25, -0.2) is 4.99 Å². The first kappa shape index (κ1) is 14.7. The van der Waals surface area contributed by atoms with Crippen molar-refractivity contribution < 1.29 is 4.42 Å². The molecule has 4 heteroatoms. The molecule has 118 valence electrons. The second-order valence-corrected chi connectivity index (χ2v) is 6.24. The number of allylic oxidation sites excluding steroid dienone is 1. The number of rotatable bonds is 4. The van der Waals surface area contributed by atoms with Crippen LogP contribution in [0.25, 0.3) is 22.4 Å². The molecular formula is C20H16N2OS. The van der Waals surface area contributed by atoms with Crippen LogP contribution in [-0.4, -0.2) is 4.57 Å². The maximum Gasteiger partial charge on any atom is 0.190 e. The zero-order chi connectivity index (χ0) is 16.4. The molecule has 0 aliphatic carbocycles. The third-order valence-electron chi connectivity index (χ3n) is 3.77. The van der Waals surface area contributed by atoms with Crippen molar-refractivity contribution in [3.8, 4) is 11.5 Å². The Kier molecular flexibility index (Phi) is 3.89. The van der Waals surface area contributed by atoms with E-state index < -0.39 is 0 Å². The number of furan rings is 1. The van der Waals surface area contributed by atoms with Crippen LogP contribution >= 0.6 is 11.3 Å². The summed E-state index contributed by atoms with van der Waals surface area (Å²) in [5, 5.41) is 3.19. The molecule has 0 bridgehead atoms. The van der Waals surface area contributed by atoms with Crippen LogP contribution in [0.2, 0.25) is 0 Å². The monoisotopic (exact) mass is 332 g/mol. The van der Waals surface area contributed by atoms with Gasteiger partial charge in [0.1, 0.15) is 5.58 Å². The normalized spacial score (nSPS) is 11.9. The summed E-state index contributed by atoms with van der Waals surface area (Å²) < 4.78 is 8.14. The molecular weight excluding hydrogens is 316 g/mol. The molecule has 0 unspecified atom stereocenters. The second-order valence-electron chi connectivity index (χ2n) is 5.40. The Morgan fingerprint density at radius 3 is 2.67 bits per heavy atom. The SMILES string of the molecule is C=CCn1c(-c2cc3ccccc3o2)csc1=Nc1ccccc1. The average molecular weight is 332 g/mol. The van der Waals surface area contributed by atoms with E-state index >= 15 is 0 Å². The molecule has 0 saturated carbocycles. The minimum absolute atomic E-state index is 0.682. The van der Waals surface area contributed by atoms with Gasteiger partial charge < -0.3 is 8.98 Å². The van der Waals surface area contributed by atoms with Crippen molar-refractivity contribution in [2.75, 3.05) is 0 Å². The molecule has 0 amide bonds. The van der Waals surface area contributed by atoms with E-state index in [1.54, 1.807) is 11.3 Å². The number of aromatic nitrogens is 1. The van der Waals surface area contributed by atoms with Gasteiger partial charge >= 0.3 is 0 Å². The Morgan fingerprint density at radius 2 is 1.88 bits per heavy atom. The number of para-hydroxylation sites is 2. The first-order chi connectivity index (χ1) is 11.8. The second kappa shape index (κ2) is 6.34. The molecule has 0 aliphatic heterocycles. The van der Waals surface area contributed by atoms with Crippen molar-refractivity contribution in [2.45, 2.75) is 6.54 Å². The highest BCUT2D eigenvalue weighted by Crippen LogP contribution is 2.28. The fraction of sp³-hybridized carbons (Fsp3) is 0.0500. The summed E-state index contributed by atoms with van der Waals surface area (Å²) in [6.07, 6.45) is 1.88. The molecule has 4 rings (SSSR count). The van der Waals surface area contributed by atoms with Crippen molar-refractivity contribution in [3.05, 3.63) is 83.5 Å². The number of fused-ring (bicyclic) bond motifs is 1. The van der Waals surface area contributed by atoms with E-state index in [-0.39, 0.29) is 0 Å². The van der Waals surface area contributed by atoms with Crippen molar-refractivity contribution in [1.82, 2.24) is 4.57 Å². The molecule has 24 heavy (non-hydrogen) atoms. The van der Waals surface area contributed by atoms with E-state index in [0.29, 0.717) is 6.54 Å². The molecule has 4 aromatic rings. The number of benzene rings is 2. The quantitative estimate of drug-likeness (QED) is 0.461. The molecule has 0 radical (unpaired) electrons. The summed E-state index contributed by atoms with van der Waals surface area (Å²) in [5.41, 5.74) is 2.85. The van der Waals surface area contributed by atoms with E-state index in [1.165, 1.54) is 0 Å². The Morgan fingerprint density at radius 1 is 1.08 bits per heavy atom. The summed E-state index contributed by atoms with van der Waals surface area (Å²) in [6.45, 7) is 4.55. The summed E-state index contributed by atoms with van der Waals surface area (Å²) in [4.78, 5) is 5.68. The average Bonchev–Trinajstić information content (AvgIpc) is 3.20. The minimum atomic E-state index is 0.682. The van der Waals surface area contributed by atoms with E-state index in [4.69, 9.17) is 9.41 Å². The first-order valence-electron chi connectivity index (χ1n) is 7.73. The van der Waals surface area contributed by atoms with Crippen LogP contribution in [0.1, 0.15) is 0 Å². The largest absolute Gasteiger partial charge is 0.454 e. The highest BCUT2D eigenvalue weighted by Gasteiger charge is 2.12. The van der Waals surface area contributed by atoms with Crippen LogP contribution in [0.4, 0.5) is 5.69 Å². The maximum atomic E-state index is 6.01. The van der Waals surface area contributed by atoms with Crippen molar-refractivity contribution in [3.63, 3.8) is 0 Å². The van der Waals surface area contributed by atoms with Crippen LogP contribution in [0, 0.1) is 0 Å². The topological polar surface area (TPSA) is 30.4 Å². The van der Waals surface area contributed by atoms with Gasteiger partial charge in [0.15, 0.2) is 10.6 Å². The lowest BCUT2D eigenvalue weighted by atomic mass is 10.2. The van der Waals surface area contributed by atoms with E-state index in [2.05, 4.69) is 28.7 Å². The molecule has 0 atom stereocenters. The molecule has 0 N–H and O–H groups in total. The summed E-state index contributed by atoms with van der Waals surface area (Å²) in [7, 11) is 0. The number of hydrogen-bond acceptors (Lipinski definition) is 3. The first-order valence-corrected chi connectivity index (χ1v) is 8.61. The van der Waals surface area contributed by atoms with Crippen LogP contribution in [0.15, 0.2) is 88.1 Å². The predicted octanol–water partition coefficient (Wildman–Crippen LogP) is 5.38. The number of thiazole rings is 1. The molecule has 2 aromatic carbocycles. The van der Waals surface area contributed by atoms with Crippen molar-refractivity contribution in [1.29, 1.82) is 0 Å². The summed E-state index contributed by atoms with van der Waals surface area (Å²) in [6, 6.07) is 20.1. The smallest absolute Gasteiger partial charge is 0.190 e. The third kappa shape index (κ3) is 2.72. The van der Waals surface area contributed by atoms with Gasteiger partial charge in [0.25, 0.3) is 0 Å². The zero-order valence-electron chi connectivity index (χ0n) is 13.1. The lowest BCUT2D eigenvalue weighted by Crippen LogP contribution is -2.14. The molecule has 2 aromatic heterocycles. The van der Waals surface area contributed by atoms with Crippen molar-refractivity contribution >= 4 is 28.0 Å². The molecule has 0 fully saturated rings. The Labute approximate surface area is 143 Å². The molecule has 0 saturated heterocycles. The third-order valence-corrected chi connectivity index (χ3v) is 4.63. The van der Waals surface area contributed by atoms with Gasteiger partial charge in [0.2, 0.25) is 0 Å². The van der Waals surface area contributed by atoms with E-state index in [0.717, 1.165) is 32.9 Å². The molecule has 3 nitrogen and oxygen atoms in total. The van der Waals surface area contributed by atoms with Gasteiger partial charge in [0.05, 0.1) is 11.4 Å². The Bertz CT molecular complexity index is 1020. The fourth-order valence-electron chi connectivity index (χ4n) is 2.64. The predicted molar refractivity (Wildman–Crippen MR) is 99.4 cm³/mol. The number of nitrogens with zero attached hydrogens (tertiary/aromatic N) is 2. The van der Waals surface area contributed by atoms with Gasteiger partial charge in [-0.1, -0.05) is 42.5 Å². The molecule has 0 aliphatic rings. The lowest BCUT2D eigenvalue weighted by molar-refractivity contribution is 0.619. The standard InChI is InChI=1S/C20H16N2OS/c1-2-12-22-17(19-13-15-8-6-7-11-18(15)23-19)14-24-20(22)21-16-9-4-3-5-10-16/h2-11,13-14H,1,12H2. The number of hydrogen-bond donors (Lipinski definition) is 0. The highest BCUT2D eigenvalue weighted by molar-refractivity contribution is 7.07. The van der Waals surface area contributed by atoms with Gasteiger partial charge in [-0.05, 0) is 24.3 Å². The Balaban J connectivity index is 1.87. The van der Waals surface area contributed by atoms with Crippen LogP contribution < -0.4 is 4.80 Å². The molecule has 0 spiro atoms. The highest BCUT2D eigenvalue weighted by atomic mass is 32.1. The zero-order valence-corrected chi connectivity index (χ0v) is 13.9. The van der Waals surface area contributed by atoms with Gasteiger partial charge in [-0.3, -0.25) is 0 Å². The summed E-state index contributed by atoms with van der Waals surface area (Å²) in [5.74, 6) is 0.851. The van der Waals surface area contributed by atoms with Crippen molar-refractivity contribution in [2.24, 2.45) is 4.99 Å². The van der Waals surface area contributed by atoms with E-state index in [9.17, 15) is 0 Å². The maximum absolute atomic E-state index is 6.01. The molecule has 2 heterocycles. The lowest BCUT2D eigenvalue weighted by Gasteiger charge is -2.03. The fourth-order valence-corrected chi connectivity index (χ4v) is 3.56. The summed E-state index contributed by atoms with van der Waals surface area (Å²) >= 11 is 1.60. The minimum Gasteiger partial charge on any atom is -0.454 e.